The second kappa shape index (κ2) is 4.67. The van der Waals surface area contributed by atoms with Crippen LogP contribution in [0.25, 0.3) is 0 Å². The minimum atomic E-state index is 0.370. The third-order valence-corrected chi connectivity index (χ3v) is 2.92. The van der Waals surface area contributed by atoms with Gasteiger partial charge in [0, 0.05) is 7.05 Å². The van der Waals surface area contributed by atoms with E-state index < -0.39 is 0 Å². The number of halogens is 1. The SMILES string of the molecule is Cc1nn(C)c(N)c1COc1ccccc1Cl. The van der Waals surface area contributed by atoms with E-state index in [1.165, 1.54) is 0 Å². The lowest BCUT2D eigenvalue weighted by Crippen LogP contribution is -2.02. The highest BCUT2D eigenvalue weighted by atomic mass is 35.5. The largest absolute Gasteiger partial charge is 0.487 e. The van der Waals surface area contributed by atoms with Crippen LogP contribution in [0.2, 0.25) is 5.02 Å². The van der Waals surface area contributed by atoms with E-state index in [1.807, 2.05) is 25.1 Å². The van der Waals surface area contributed by atoms with Crippen LogP contribution in [0.15, 0.2) is 24.3 Å². The minimum Gasteiger partial charge on any atom is -0.487 e. The number of rotatable bonds is 3. The van der Waals surface area contributed by atoms with Crippen molar-refractivity contribution >= 4 is 17.4 Å². The lowest BCUT2D eigenvalue weighted by Gasteiger charge is -2.07. The first kappa shape index (κ1) is 11.8. The summed E-state index contributed by atoms with van der Waals surface area (Å²) in [5.41, 5.74) is 7.66. The van der Waals surface area contributed by atoms with E-state index in [4.69, 9.17) is 22.1 Å². The molecule has 2 aromatic rings. The van der Waals surface area contributed by atoms with Crippen LogP contribution in [-0.2, 0) is 13.7 Å². The van der Waals surface area contributed by atoms with Crippen molar-refractivity contribution in [3.63, 3.8) is 0 Å². The van der Waals surface area contributed by atoms with Crippen LogP contribution in [0.1, 0.15) is 11.3 Å². The molecule has 2 rings (SSSR count). The highest BCUT2D eigenvalue weighted by molar-refractivity contribution is 6.32. The zero-order chi connectivity index (χ0) is 12.4. The van der Waals surface area contributed by atoms with E-state index in [0.717, 1.165) is 11.3 Å². The summed E-state index contributed by atoms with van der Waals surface area (Å²) in [6.45, 7) is 2.27. The van der Waals surface area contributed by atoms with Gasteiger partial charge >= 0.3 is 0 Å². The molecule has 0 fully saturated rings. The number of nitrogen functional groups attached to an aromatic ring is 1. The zero-order valence-electron chi connectivity index (χ0n) is 9.77. The molecule has 1 aromatic carbocycles. The number of aryl methyl sites for hydroxylation is 2. The van der Waals surface area contributed by atoms with E-state index in [1.54, 1.807) is 17.8 Å². The maximum absolute atomic E-state index is 6.00. The Morgan fingerprint density at radius 2 is 2.12 bits per heavy atom. The van der Waals surface area contributed by atoms with Crippen LogP contribution in [0.4, 0.5) is 5.82 Å². The van der Waals surface area contributed by atoms with E-state index in [-0.39, 0.29) is 0 Å². The Balaban J connectivity index is 2.15. The molecule has 1 aromatic heterocycles. The average Bonchev–Trinajstić information content (AvgIpc) is 2.53. The van der Waals surface area contributed by atoms with Gasteiger partial charge in [-0.3, -0.25) is 4.68 Å². The standard InChI is InChI=1S/C12H14ClN3O/c1-8-9(12(14)16(2)15-8)7-17-11-6-4-3-5-10(11)13/h3-6H,7,14H2,1-2H3. The third kappa shape index (κ3) is 2.36. The summed E-state index contributed by atoms with van der Waals surface area (Å²) in [6.07, 6.45) is 0. The lowest BCUT2D eigenvalue weighted by molar-refractivity contribution is 0.306. The number of nitrogens with two attached hydrogens (primary N) is 1. The molecular weight excluding hydrogens is 238 g/mol. The van der Waals surface area contributed by atoms with Crippen LogP contribution in [0, 0.1) is 6.92 Å². The minimum absolute atomic E-state index is 0.370. The molecule has 0 aliphatic heterocycles. The van der Waals surface area contributed by atoms with Crippen molar-refractivity contribution < 1.29 is 4.74 Å². The molecule has 0 spiro atoms. The molecule has 5 heteroatoms. The van der Waals surface area contributed by atoms with Crippen LogP contribution < -0.4 is 10.5 Å². The Kier molecular flexibility index (Phi) is 3.24. The molecule has 17 heavy (non-hydrogen) atoms. The molecule has 0 aliphatic rings. The summed E-state index contributed by atoms with van der Waals surface area (Å²) < 4.78 is 7.27. The van der Waals surface area contributed by atoms with Crippen molar-refractivity contribution in [2.45, 2.75) is 13.5 Å². The zero-order valence-corrected chi connectivity index (χ0v) is 10.5. The molecule has 0 bridgehead atoms. The summed E-state index contributed by atoms with van der Waals surface area (Å²) >= 11 is 6.00. The van der Waals surface area contributed by atoms with Crippen molar-refractivity contribution in [1.82, 2.24) is 9.78 Å². The predicted molar refractivity (Wildman–Crippen MR) is 68.1 cm³/mol. The summed E-state index contributed by atoms with van der Waals surface area (Å²) in [6, 6.07) is 7.35. The van der Waals surface area contributed by atoms with Gasteiger partial charge in [0.2, 0.25) is 0 Å². The Morgan fingerprint density at radius 1 is 1.41 bits per heavy atom. The fourth-order valence-corrected chi connectivity index (χ4v) is 1.80. The highest BCUT2D eigenvalue weighted by Crippen LogP contribution is 2.25. The number of hydrogen-bond donors (Lipinski definition) is 1. The number of aromatic nitrogens is 2. The maximum Gasteiger partial charge on any atom is 0.138 e. The molecular formula is C12H14ClN3O. The van der Waals surface area contributed by atoms with Gasteiger partial charge in [0.25, 0.3) is 0 Å². The normalized spacial score (nSPS) is 10.5. The van der Waals surface area contributed by atoms with Crippen molar-refractivity contribution in [3.8, 4) is 5.75 Å². The Labute approximate surface area is 105 Å². The van der Waals surface area contributed by atoms with E-state index in [9.17, 15) is 0 Å². The molecule has 0 amide bonds. The van der Waals surface area contributed by atoms with Gasteiger partial charge in [-0.1, -0.05) is 23.7 Å². The van der Waals surface area contributed by atoms with Gasteiger partial charge in [0.1, 0.15) is 18.2 Å². The molecule has 4 nitrogen and oxygen atoms in total. The Hall–Kier alpha value is -1.68. The molecule has 90 valence electrons. The van der Waals surface area contributed by atoms with Crippen molar-refractivity contribution in [2.75, 3.05) is 5.73 Å². The van der Waals surface area contributed by atoms with Gasteiger partial charge in [-0.05, 0) is 19.1 Å². The fourth-order valence-electron chi connectivity index (χ4n) is 1.61. The van der Waals surface area contributed by atoms with Crippen molar-refractivity contribution in [3.05, 3.63) is 40.5 Å². The summed E-state index contributed by atoms with van der Waals surface area (Å²) in [7, 11) is 1.81. The first-order chi connectivity index (χ1) is 8.09. The van der Waals surface area contributed by atoms with Gasteiger partial charge in [-0.2, -0.15) is 5.10 Å². The van der Waals surface area contributed by atoms with Crippen LogP contribution in [0.3, 0.4) is 0 Å². The van der Waals surface area contributed by atoms with E-state index in [0.29, 0.717) is 23.2 Å². The quantitative estimate of drug-likeness (QED) is 0.912. The van der Waals surface area contributed by atoms with E-state index in [2.05, 4.69) is 5.10 Å². The maximum atomic E-state index is 6.00. The second-order valence-electron chi connectivity index (χ2n) is 3.79. The topological polar surface area (TPSA) is 53.1 Å². The van der Waals surface area contributed by atoms with Crippen molar-refractivity contribution in [2.24, 2.45) is 7.05 Å². The molecule has 0 saturated heterocycles. The third-order valence-electron chi connectivity index (χ3n) is 2.60. The molecule has 2 N–H and O–H groups in total. The number of para-hydroxylation sites is 1. The first-order valence-electron chi connectivity index (χ1n) is 5.25. The second-order valence-corrected chi connectivity index (χ2v) is 4.20. The van der Waals surface area contributed by atoms with Gasteiger partial charge < -0.3 is 10.5 Å². The van der Waals surface area contributed by atoms with Crippen LogP contribution >= 0.6 is 11.6 Å². The molecule has 0 radical (unpaired) electrons. The Bertz CT molecular complexity index is 537. The average molecular weight is 252 g/mol. The van der Waals surface area contributed by atoms with Crippen LogP contribution in [0.5, 0.6) is 5.75 Å². The monoisotopic (exact) mass is 251 g/mol. The predicted octanol–water partition coefficient (Wildman–Crippen LogP) is 2.54. The van der Waals surface area contributed by atoms with Gasteiger partial charge in [0.15, 0.2) is 0 Å². The smallest absolute Gasteiger partial charge is 0.138 e. The molecule has 0 atom stereocenters. The number of anilines is 1. The molecule has 1 heterocycles. The number of hydrogen-bond acceptors (Lipinski definition) is 3. The van der Waals surface area contributed by atoms with Crippen molar-refractivity contribution in [1.29, 1.82) is 0 Å². The number of ether oxygens (including phenoxy) is 1. The van der Waals surface area contributed by atoms with Crippen LogP contribution in [-0.4, -0.2) is 9.78 Å². The lowest BCUT2D eigenvalue weighted by atomic mass is 10.2. The van der Waals surface area contributed by atoms with Gasteiger partial charge in [-0.15, -0.1) is 0 Å². The summed E-state index contributed by atoms with van der Waals surface area (Å²) in [5, 5.41) is 4.81. The molecule has 0 unspecified atom stereocenters. The number of benzene rings is 1. The number of nitrogens with zero attached hydrogens (tertiary/aromatic N) is 2. The summed E-state index contributed by atoms with van der Waals surface area (Å²) in [4.78, 5) is 0. The first-order valence-corrected chi connectivity index (χ1v) is 5.62. The molecule has 0 saturated carbocycles. The highest BCUT2D eigenvalue weighted by Gasteiger charge is 2.11. The summed E-state index contributed by atoms with van der Waals surface area (Å²) in [5.74, 6) is 1.27. The Morgan fingerprint density at radius 3 is 2.71 bits per heavy atom. The molecule has 0 aliphatic carbocycles. The van der Waals surface area contributed by atoms with Gasteiger partial charge in [0.05, 0.1) is 16.3 Å². The van der Waals surface area contributed by atoms with E-state index >= 15 is 0 Å². The fraction of sp³-hybridized carbons (Fsp3) is 0.250. The van der Waals surface area contributed by atoms with Gasteiger partial charge in [-0.25, -0.2) is 0 Å².